The van der Waals surface area contributed by atoms with E-state index in [0.717, 1.165) is 37.0 Å². The van der Waals surface area contributed by atoms with E-state index in [1.54, 1.807) is 29.1 Å². The number of imidazole rings is 1. The molecule has 0 spiro atoms. The normalized spacial score (nSPS) is 17.1. The van der Waals surface area contributed by atoms with Crippen LogP contribution in [0.4, 0.5) is 5.69 Å². The molecule has 0 unspecified atom stereocenters. The molecule has 0 atom stereocenters. The molecule has 1 amide bonds. The van der Waals surface area contributed by atoms with Crippen molar-refractivity contribution in [3.05, 3.63) is 58.4 Å². The molecule has 2 aliphatic rings. The van der Waals surface area contributed by atoms with E-state index in [1.807, 2.05) is 30.5 Å². The van der Waals surface area contributed by atoms with Gasteiger partial charge < -0.3 is 19.0 Å². The molecule has 32 heavy (non-hydrogen) atoms. The molecule has 1 N–H and O–H groups in total. The summed E-state index contributed by atoms with van der Waals surface area (Å²) in [5.74, 6) is 0.589. The average Bonchev–Trinajstić information content (AvgIpc) is 3.53. The summed E-state index contributed by atoms with van der Waals surface area (Å²) in [5.41, 5.74) is 2.35. The van der Waals surface area contributed by atoms with Crippen LogP contribution in [0, 0.1) is 0 Å². The van der Waals surface area contributed by atoms with E-state index >= 15 is 0 Å². The molecule has 3 aromatic heterocycles. The van der Waals surface area contributed by atoms with Crippen LogP contribution >= 0.6 is 0 Å². The predicted molar refractivity (Wildman–Crippen MR) is 124 cm³/mol. The van der Waals surface area contributed by atoms with Gasteiger partial charge in [-0.05, 0) is 51.7 Å². The van der Waals surface area contributed by atoms with Crippen LogP contribution in [0.5, 0.6) is 5.75 Å². The number of nitrogens with zero attached hydrogens (tertiary/aromatic N) is 3. The maximum absolute atomic E-state index is 13.2. The monoisotopic (exact) mass is 434 g/mol. The number of ether oxygens (including phenoxy) is 1. The Morgan fingerprint density at radius 2 is 1.94 bits per heavy atom. The van der Waals surface area contributed by atoms with Crippen molar-refractivity contribution in [2.45, 2.75) is 76.9 Å². The summed E-state index contributed by atoms with van der Waals surface area (Å²) in [6, 6.07) is 5.53. The lowest BCUT2D eigenvalue weighted by molar-refractivity contribution is 0.102. The van der Waals surface area contributed by atoms with E-state index in [0.29, 0.717) is 17.2 Å². The van der Waals surface area contributed by atoms with E-state index in [9.17, 15) is 9.59 Å². The van der Waals surface area contributed by atoms with Crippen molar-refractivity contribution in [1.82, 2.24) is 14.0 Å². The maximum atomic E-state index is 13.2. The van der Waals surface area contributed by atoms with Crippen molar-refractivity contribution in [1.29, 1.82) is 0 Å². The molecule has 0 saturated heterocycles. The lowest BCUT2D eigenvalue weighted by Crippen LogP contribution is -2.25. The minimum absolute atomic E-state index is 0.0967. The molecule has 2 saturated carbocycles. The smallest absolute Gasteiger partial charge is 0.274 e. The lowest BCUT2D eigenvalue weighted by Gasteiger charge is -2.19. The first-order valence-corrected chi connectivity index (χ1v) is 11.7. The predicted octanol–water partition coefficient (Wildman–Crippen LogP) is 4.92. The maximum Gasteiger partial charge on any atom is 0.274 e. The number of pyridine rings is 2. The number of hydrogen-bond acceptors (Lipinski definition) is 4. The van der Waals surface area contributed by atoms with Crippen molar-refractivity contribution in [2.24, 2.45) is 0 Å². The average molecular weight is 435 g/mol. The first-order valence-electron chi connectivity index (χ1n) is 11.7. The minimum atomic E-state index is -0.360. The number of carbonyl (C=O) groups excluding carboxylic acids is 1. The van der Waals surface area contributed by atoms with Crippen molar-refractivity contribution in [2.75, 3.05) is 5.32 Å². The van der Waals surface area contributed by atoms with Crippen LogP contribution in [0.2, 0.25) is 0 Å². The fraction of sp³-hybridized carbons (Fsp3) is 0.480. The summed E-state index contributed by atoms with van der Waals surface area (Å²) in [5, 5.41) is 2.81. The summed E-state index contributed by atoms with van der Waals surface area (Å²) < 4.78 is 9.58. The number of nitrogens with one attached hydrogen (secondary N) is 1. The van der Waals surface area contributed by atoms with Crippen LogP contribution in [-0.2, 0) is 0 Å². The summed E-state index contributed by atoms with van der Waals surface area (Å²) >= 11 is 0. The minimum Gasteiger partial charge on any atom is -0.490 e. The van der Waals surface area contributed by atoms with Crippen molar-refractivity contribution in [3.8, 4) is 5.75 Å². The summed E-state index contributed by atoms with van der Waals surface area (Å²) in [6.45, 7) is 3.85. The fourth-order valence-electron chi connectivity index (χ4n) is 4.59. The topological polar surface area (TPSA) is 77.6 Å². The SMILES string of the molecule is CC(C)Oc1cc2nc(C3CCCCC3)cn2cc1C(=O)Nc1cccn(C2CC2)c1=O. The number of fused-ring (bicyclic) bond motifs is 1. The Balaban J connectivity index is 1.49. The standard InChI is InChI=1S/C25H30N4O3/c1-16(2)32-22-13-23-26-21(17-7-4-3-5-8-17)15-28(23)14-19(22)24(30)27-20-9-6-12-29(25(20)31)18-10-11-18/h6,9,12-18H,3-5,7-8,10-11H2,1-2H3,(H,27,30). The highest BCUT2D eigenvalue weighted by molar-refractivity contribution is 6.06. The number of hydrogen-bond donors (Lipinski definition) is 1. The van der Waals surface area contributed by atoms with Gasteiger partial charge in [-0.1, -0.05) is 19.3 Å². The molecule has 0 radical (unpaired) electrons. The van der Waals surface area contributed by atoms with Gasteiger partial charge in [0.1, 0.15) is 17.1 Å². The van der Waals surface area contributed by atoms with Crippen LogP contribution in [0.3, 0.4) is 0 Å². The molecule has 7 nitrogen and oxygen atoms in total. The van der Waals surface area contributed by atoms with Gasteiger partial charge in [0.2, 0.25) is 0 Å². The van der Waals surface area contributed by atoms with E-state index in [2.05, 4.69) is 5.32 Å². The van der Waals surface area contributed by atoms with Crippen LogP contribution in [0.15, 0.2) is 41.6 Å². The third kappa shape index (κ3) is 4.16. The van der Waals surface area contributed by atoms with Gasteiger partial charge in [0.15, 0.2) is 0 Å². The first-order chi connectivity index (χ1) is 15.5. The van der Waals surface area contributed by atoms with Crippen LogP contribution in [-0.4, -0.2) is 26.0 Å². The molecule has 3 aromatic rings. The molecule has 168 valence electrons. The Morgan fingerprint density at radius 1 is 1.16 bits per heavy atom. The Kier molecular flexibility index (Phi) is 5.49. The highest BCUT2D eigenvalue weighted by atomic mass is 16.5. The molecule has 3 heterocycles. The lowest BCUT2D eigenvalue weighted by atomic mass is 9.87. The molecule has 0 aromatic carbocycles. The van der Waals surface area contributed by atoms with E-state index in [-0.39, 0.29) is 29.3 Å². The first kappa shape index (κ1) is 20.8. The quantitative estimate of drug-likeness (QED) is 0.597. The second-order valence-corrected chi connectivity index (χ2v) is 9.30. The second kappa shape index (κ2) is 8.45. The Hall–Kier alpha value is -3.09. The third-order valence-corrected chi connectivity index (χ3v) is 6.37. The van der Waals surface area contributed by atoms with Gasteiger partial charge >= 0.3 is 0 Å². The molecule has 2 aliphatic carbocycles. The Bertz CT molecular complexity index is 1200. The van der Waals surface area contributed by atoms with Crippen molar-refractivity contribution < 1.29 is 9.53 Å². The van der Waals surface area contributed by atoms with Crippen molar-refractivity contribution in [3.63, 3.8) is 0 Å². The van der Waals surface area contributed by atoms with Crippen LogP contribution < -0.4 is 15.6 Å². The number of anilines is 1. The summed E-state index contributed by atoms with van der Waals surface area (Å²) in [6.07, 6.45) is 13.6. The number of carbonyl (C=O) groups is 1. The molecule has 5 rings (SSSR count). The third-order valence-electron chi connectivity index (χ3n) is 6.37. The summed E-state index contributed by atoms with van der Waals surface area (Å²) in [4.78, 5) is 30.9. The van der Waals surface area contributed by atoms with Gasteiger partial charge in [0, 0.05) is 36.6 Å². The molecule has 0 bridgehead atoms. The highest BCUT2D eigenvalue weighted by Crippen LogP contribution is 2.34. The molecule has 7 heteroatoms. The molecular formula is C25H30N4O3. The van der Waals surface area contributed by atoms with Gasteiger partial charge in [0.05, 0.1) is 17.4 Å². The van der Waals surface area contributed by atoms with Gasteiger partial charge in [0.25, 0.3) is 11.5 Å². The van der Waals surface area contributed by atoms with Gasteiger partial charge in [-0.3, -0.25) is 9.59 Å². The van der Waals surface area contributed by atoms with Gasteiger partial charge in [-0.25, -0.2) is 4.98 Å². The fourth-order valence-corrected chi connectivity index (χ4v) is 4.59. The highest BCUT2D eigenvalue weighted by Gasteiger charge is 2.26. The van der Waals surface area contributed by atoms with E-state index < -0.39 is 0 Å². The van der Waals surface area contributed by atoms with Crippen LogP contribution in [0.25, 0.3) is 5.65 Å². The molecular weight excluding hydrogens is 404 g/mol. The van der Waals surface area contributed by atoms with Crippen LogP contribution in [0.1, 0.15) is 86.8 Å². The largest absolute Gasteiger partial charge is 0.490 e. The Labute approximate surface area is 187 Å². The second-order valence-electron chi connectivity index (χ2n) is 9.30. The summed E-state index contributed by atoms with van der Waals surface area (Å²) in [7, 11) is 0. The van der Waals surface area contributed by atoms with Gasteiger partial charge in [-0.2, -0.15) is 0 Å². The number of amides is 1. The van der Waals surface area contributed by atoms with E-state index in [1.165, 1.54) is 19.3 Å². The molecule has 2 fully saturated rings. The van der Waals surface area contributed by atoms with Crippen molar-refractivity contribution >= 4 is 17.2 Å². The van der Waals surface area contributed by atoms with Gasteiger partial charge in [-0.15, -0.1) is 0 Å². The number of rotatable bonds is 6. The zero-order valence-corrected chi connectivity index (χ0v) is 18.7. The van der Waals surface area contributed by atoms with E-state index in [4.69, 9.17) is 9.72 Å². The zero-order chi connectivity index (χ0) is 22.2. The number of aromatic nitrogens is 3. The molecule has 0 aliphatic heterocycles. The zero-order valence-electron chi connectivity index (χ0n) is 18.7. The Morgan fingerprint density at radius 3 is 2.66 bits per heavy atom.